The summed E-state index contributed by atoms with van der Waals surface area (Å²) >= 11 is 0. The number of benzene rings is 2. The fraction of sp³-hybridized carbons (Fsp3) is 0.231. The van der Waals surface area contributed by atoms with Gasteiger partial charge in [0.25, 0.3) is 5.91 Å². The van der Waals surface area contributed by atoms with Gasteiger partial charge in [0, 0.05) is 41.5 Å². The van der Waals surface area contributed by atoms with Gasteiger partial charge in [0.05, 0.1) is 35.4 Å². The maximum Gasteiger partial charge on any atom is 0.253 e. The number of nitriles is 1. The van der Waals surface area contributed by atoms with Crippen molar-refractivity contribution >= 4 is 24.0 Å². The molecule has 7 nitrogen and oxygen atoms in total. The van der Waals surface area contributed by atoms with Crippen LogP contribution in [-0.4, -0.2) is 43.8 Å². The van der Waals surface area contributed by atoms with Crippen molar-refractivity contribution in [1.29, 1.82) is 5.26 Å². The molecular formula is C26H25ClN6O. The first-order valence-corrected chi connectivity index (χ1v) is 11.0. The molecule has 0 bridgehead atoms. The first-order chi connectivity index (χ1) is 15.9. The van der Waals surface area contributed by atoms with E-state index in [1.165, 1.54) is 0 Å². The number of amides is 1. The smallest absolute Gasteiger partial charge is 0.253 e. The van der Waals surface area contributed by atoms with Crippen molar-refractivity contribution in [3.8, 4) is 28.6 Å². The average molecular weight is 473 g/mol. The molecule has 3 heterocycles. The molecule has 4 aromatic rings. The summed E-state index contributed by atoms with van der Waals surface area (Å²) < 4.78 is 1.99. The Balaban J connectivity index is 0.00000274. The van der Waals surface area contributed by atoms with Gasteiger partial charge in [-0.25, -0.2) is 4.98 Å². The number of piperidine rings is 1. The number of halogens is 1. The highest BCUT2D eigenvalue weighted by atomic mass is 35.5. The molecule has 0 atom stereocenters. The number of aromatic nitrogens is 3. The Morgan fingerprint density at radius 3 is 2.29 bits per heavy atom. The van der Waals surface area contributed by atoms with Crippen LogP contribution in [0.5, 0.6) is 0 Å². The number of likely N-dealkylation sites (tertiary alicyclic amines) is 1. The van der Waals surface area contributed by atoms with E-state index in [2.05, 4.69) is 16.0 Å². The standard InChI is InChI=1S/C26H24N6O.ClH/c1-26(28)10-12-31(13-11-26)25(33)21-8-6-19(7-9-21)22-17-32-23(15-30-24(32)16-29-22)20-4-2-18(14-27)3-5-20;/h2-9,15-17H,10-13,28H2,1H3;1H. The van der Waals surface area contributed by atoms with Crippen LogP contribution in [0.4, 0.5) is 0 Å². The maximum absolute atomic E-state index is 12.9. The van der Waals surface area contributed by atoms with Crippen LogP contribution in [0.15, 0.2) is 67.1 Å². The van der Waals surface area contributed by atoms with Gasteiger partial charge in [-0.15, -0.1) is 12.4 Å². The molecule has 2 aromatic carbocycles. The third-order valence-electron chi connectivity index (χ3n) is 6.33. The Hall–Kier alpha value is -3.73. The second-order valence-corrected chi connectivity index (χ2v) is 8.86. The lowest BCUT2D eigenvalue weighted by molar-refractivity contribution is 0.0681. The van der Waals surface area contributed by atoms with E-state index in [4.69, 9.17) is 11.0 Å². The number of nitrogens with two attached hydrogens (primary N) is 1. The number of hydrogen-bond donors (Lipinski definition) is 1. The number of rotatable bonds is 3. The van der Waals surface area contributed by atoms with Gasteiger partial charge in [-0.3, -0.25) is 14.2 Å². The molecule has 2 N–H and O–H groups in total. The van der Waals surface area contributed by atoms with Crippen molar-refractivity contribution in [2.45, 2.75) is 25.3 Å². The SMILES string of the molecule is CC1(N)CCN(C(=O)c2ccc(-c3cn4c(-c5ccc(C#N)cc5)cnc4cn3)cc2)CC1.Cl. The van der Waals surface area contributed by atoms with Crippen molar-refractivity contribution in [2.75, 3.05) is 13.1 Å². The molecule has 1 aliphatic heterocycles. The van der Waals surface area contributed by atoms with E-state index >= 15 is 0 Å². The zero-order valence-electron chi connectivity index (χ0n) is 18.8. The van der Waals surface area contributed by atoms with Crippen LogP contribution in [0.25, 0.3) is 28.2 Å². The summed E-state index contributed by atoms with van der Waals surface area (Å²) in [6.45, 7) is 3.41. The molecule has 1 saturated heterocycles. The minimum atomic E-state index is -0.186. The largest absolute Gasteiger partial charge is 0.339 e. The van der Waals surface area contributed by atoms with Crippen molar-refractivity contribution in [3.63, 3.8) is 0 Å². The highest BCUT2D eigenvalue weighted by Crippen LogP contribution is 2.25. The highest BCUT2D eigenvalue weighted by molar-refractivity contribution is 5.94. The molecule has 8 heteroatoms. The molecule has 1 amide bonds. The predicted molar refractivity (Wildman–Crippen MR) is 134 cm³/mol. The van der Waals surface area contributed by atoms with Crippen LogP contribution in [0.1, 0.15) is 35.7 Å². The van der Waals surface area contributed by atoms with Crippen molar-refractivity contribution in [3.05, 3.63) is 78.2 Å². The molecule has 0 saturated carbocycles. The molecule has 0 aliphatic carbocycles. The molecule has 0 spiro atoms. The summed E-state index contributed by atoms with van der Waals surface area (Å²) in [7, 11) is 0. The Labute approximate surface area is 204 Å². The van der Waals surface area contributed by atoms with Crippen LogP contribution in [0, 0.1) is 11.3 Å². The number of carbonyl (C=O) groups excluding carboxylic acids is 1. The molecule has 0 unspecified atom stereocenters. The van der Waals surface area contributed by atoms with E-state index in [1.807, 2.05) is 58.8 Å². The quantitative estimate of drug-likeness (QED) is 0.478. The lowest BCUT2D eigenvalue weighted by atomic mass is 9.91. The predicted octanol–water partition coefficient (Wildman–Crippen LogP) is 4.31. The van der Waals surface area contributed by atoms with E-state index in [1.54, 1.807) is 24.5 Å². The summed E-state index contributed by atoms with van der Waals surface area (Å²) in [6.07, 6.45) is 7.11. The number of fused-ring (bicyclic) bond motifs is 1. The number of imidazole rings is 1. The van der Waals surface area contributed by atoms with Gasteiger partial charge < -0.3 is 10.6 Å². The van der Waals surface area contributed by atoms with Crippen LogP contribution in [0.2, 0.25) is 0 Å². The number of carbonyl (C=O) groups is 1. The van der Waals surface area contributed by atoms with Gasteiger partial charge in [-0.1, -0.05) is 24.3 Å². The van der Waals surface area contributed by atoms with Gasteiger partial charge in [0.1, 0.15) is 0 Å². The minimum Gasteiger partial charge on any atom is -0.339 e. The summed E-state index contributed by atoms with van der Waals surface area (Å²) in [4.78, 5) is 23.8. The van der Waals surface area contributed by atoms with Gasteiger partial charge in [0.2, 0.25) is 0 Å². The third kappa shape index (κ3) is 4.51. The molecule has 1 aliphatic rings. The summed E-state index contributed by atoms with van der Waals surface area (Å²) in [5.74, 6) is 0.0400. The normalized spacial score (nSPS) is 14.9. The van der Waals surface area contributed by atoms with Crippen LogP contribution < -0.4 is 5.73 Å². The lowest BCUT2D eigenvalue weighted by Crippen LogP contribution is -2.49. The monoisotopic (exact) mass is 472 g/mol. The first-order valence-electron chi connectivity index (χ1n) is 11.0. The zero-order valence-corrected chi connectivity index (χ0v) is 19.6. The summed E-state index contributed by atoms with van der Waals surface area (Å²) in [6, 6.07) is 17.1. The molecule has 2 aromatic heterocycles. The van der Waals surface area contributed by atoms with Crippen molar-refractivity contribution in [1.82, 2.24) is 19.3 Å². The molecule has 0 radical (unpaired) electrons. The van der Waals surface area contributed by atoms with E-state index in [0.29, 0.717) is 24.2 Å². The average Bonchev–Trinajstić information content (AvgIpc) is 3.27. The number of hydrogen-bond acceptors (Lipinski definition) is 5. The van der Waals surface area contributed by atoms with Gasteiger partial charge >= 0.3 is 0 Å². The maximum atomic E-state index is 12.9. The van der Waals surface area contributed by atoms with Crippen LogP contribution in [-0.2, 0) is 0 Å². The van der Waals surface area contributed by atoms with E-state index in [0.717, 1.165) is 41.0 Å². The van der Waals surface area contributed by atoms with E-state index in [9.17, 15) is 4.79 Å². The van der Waals surface area contributed by atoms with Crippen LogP contribution >= 0.6 is 12.4 Å². The molecular weight excluding hydrogens is 448 g/mol. The van der Waals surface area contributed by atoms with E-state index in [-0.39, 0.29) is 23.9 Å². The molecule has 1 fully saturated rings. The van der Waals surface area contributed by atoms with Gasteiger partial charge in [-0.05, 0) is 44.0 Å². The van der Waals surface area contributed by atoms with E-state index < -0.39 is 0 Å². The highest BCUT2D eigenvalue weighted by Gasteiger charge is 2.28. The van der Waals surface area contributed by atoms with Gasteiger partial charge in [0.15, 0.2) is 5.65 Å². The first kappa shape index (κ1) is 23.4. The van der Waals surface area contributed by atoms with Crippen molar-refractivity contribution in [2.24, 2.45) is 5.73 Å². The lowest BCUT2D eigenvalue weighted by Gasteiger charge is -2.36. The van der Waals surface area contributed by atoms with Crippen LogP contribution in [0.3, 0.4) is 0 Å². The Kier molecular flexibility index (Phi) is 6.38. The second-order valence-electron chi connectivity index (χ2n) is 8.86. The van der Waals surface area contributed by atoms with Gasteiger partial charge in [-0.2, -0.15) is 5.26 Å². The Bertz CT molecular complexity index is 1360. The topological polar surface area (TPSA) is 100 Å². The minimum absolute atomic E-state index is 0. The Morgan fingerprint density at radius 2 is 1.65 bits per heavy atom. The third-order valence-corrected chi connectivity index (χ3v) is 6.33. The molecule has 34 heavy (non-hydrogen) atoms. The van der Waals surface area contributed by atoms with Crippen molar-refractivity contribution < 1.29 is 4.79 Å². The molecule has 5 rings (SSSR count). The number of nitrogens with zero attached hydrogens (tertiary/aromatic N) is 5. The summed E-state index contributed by atoms with van der Waals surface area (Å²) in [5, 5.41) is 9.04. The summed E-state index contributed by atoms with van der Waals surface area (Å²) in [5.41, 5.74) is 11.6. The zero-order chi connectivity index (χ0) is 23.0. The Morgan fingerprint density at radius 1 is 1.00 bits per heavy atom. The fourth-order valence-electron chi connectivity index (χ4n) is 4.15. The molecule has 172 valence electrons. The fourth-order valence-corrected chi connectivity index (χ4v) is 4.15. The second kappa shape index (κ2) is 9.26.